The van der Waals surface area contributed by atoms with Crippen molar-refractivity contribution in [2.24, 2.45) is 5.73 Å². The largest absolute Gasteiger partial charge is 0.374 e. The lowest BCUT2D eigenvalue weighted by atomic mass is 10.2. The molecule has 3 nitrogen and oxygen atoms in total. The normalized spacial score (nSPS) is 26.8. The first kappa shape index (κ1) is 12.8. The number of hydrogen-bond acceptors (Lipinski definition) is 3. The molecule has 1 heterocycles. The van der Waals surface area contributed by atoms with Gasteiger partial charge in [-0.2, -0.15) is 0 Å². The van der Waals surface area contributed by atoms with Crippen LogP contribution in [0.1, 0.15) is 19.8 Å². The molecule has 5 heteroatoms. The average Bonchev–Trinajstić information content (AvgIpc) is 2.50. The molecule has 15 heavy (non-hydrogen) atoms. The molecular formula is C10H20F2N2O. The van der Waals surface area contributed by atoms with Crippen LogP contribution in [-0.2, 0) is 4.74 Å². The highest BCUT2D eigenvalue weighted by molar-refractivity contribution is 4.74. The third-order valence-electron chi connectivity index (χ3n) is 2.62. The molecule has 1 fully saturated rings. The van der Waals surface area contributed by atoms with Crippen molar-refractivity contribution in [1.82, 2.24) is 4.90 Å². The highest BCUT2D eigenvalue weighted by atomic mass is 19.3. The second-order valence-electron chi connectivity index (χ2n) is 4.09. The Hall–Kier alpha value is -0.260. The summed E-state index contributed by atoms with van der Waals surface area (Å²) in [5.41, 5.74) is 5.38. The van der Waals surface area contributed by atoms with Crippen LogP contribution < -0.4 is 5.73 Å². The number of nitrogens with zero attached hydrogens (tertiary/aromatic N) is 1. The van der Waals surface area contributed by atoms with Crippen LogP contribution in [0.15, 0.2) is 0 Å². The van der Waals surface area contributed by atoms with Gasteiger partial charge in [0, 0.05) is 19.6 Å². The zero-order chi connectivity index (χ0) is 11.3. The van der Waals surface area contributed by atoms with Gasteiger partial charge in [0.05, 0.1) is 18.8 Å². The summed E-state index contributed by atoms with van der Waals surface area (Å²) in [6.45, 7) is 3.31. The highest BCUT2D eigenvalue weighted by Gasteiger charge is 2.24. The number of alkyl halides is 2. The van der Waals surface area contributed by atoms with Gasteiger partial charge in [-0.3, -0.25) is 4.90 Å². The minimum atomic E-state index is -2.30. The summed E-state index contributed by atoms with van der Waals surface area (Å²) >= 11 is 0. The molecule has 0 aromatic heterocycles. The topological polar surface area (TPSA) is 38.5 Å². The Morgan fingerprint density at radius 3 is 2.67 bits per heavy atom. The van der Waals surface area contributed by atoms with Gasteiger partial charge in [-0.15, -0.1) is 0 Å². The van der Waals surface area contributed by atoms with Gasteiger partial charge in [0.2, 0.25) is 0 Å². The molecule has 0 radical (unpaired) electrons. The molecule has 1 aliphatic rings. The van der Waals surface area contributed by atoms with E-state index in [1.807, 2.05) is 6.92 Å². The number of rotatable bonds is 6. The average molecular weight is 222 g/mol. The summed E-state index contributed by atoms with van der Waals surface area (Å²) in [7, 11) is 0. The molecule has 0 aliphatic carbocycles. The summed E-state index contributed by atoms with van der Waals surface area (Å²) in [4.78, 5) is 1.69. The van der Waals surface area contributed by atoms with E-state index in [-0.39, 0.29) is 18.8 Å². The molecule has 1 rings (SSSR count). The van der Waals surface area contributed by atoms with Crippen molar-refractivity contribution in [3.8, 4) is 0 Å². The summed E-state index contributed by atoms with van der Waals surface area (Å²) < 4.78 is 30.1. The summed E-state index contributed by atoms with van der Waals surface area (Å²) in [5, 5.41) is 0. The summed E-state index contributed by atoms with van der Waals surface area (Å²) in [6, 6.07) is 0. The van der Waals surface area contributed by atoms with Crippen LogP contribution in [0.4, 0.5) is 8.78 Å². The lowest BCUT2D eigenvalue weighted by Crippen LogP contribution is -2.39. The fourth-order valence-corrected chi connectivity index (χ4v) is 1.94. The van der Waals surface area contributed by atoms with Crippen molar-refractivity contribution in [2.75, 3.05) is 26.2 Å². The van der Waals surface area contributed by atoms with Crippen molar-refractivity contribution in [2.45, 2.75) is 38.4 Å². The predicted molar refractivity (Wildman–Crippen MR) is 55.1 cm³/mol. The van der Waals surface area contributed by atoms with Crippen LogP contribution in [0.3, 0.4) is 0 Å². The second-order valence-corrected chi connectivity index (χ2v) is 4.09. The van der Waals surface area contributed by atoms with Gasteiger partial charge < -0.3 is 10.5 Å². The van der Waals surface area contributed by atoms with Crippen LogP contribution in [0.5, 0.6) is 0 Å². The molecule has 2 N–H and O–H groups in total. The van der Waals surface area contributed by atoms with Gasteiger partial charge in [0.15, 0.2) is 0 Å². The first-order chi connectivity index (χ1) is 7.11. The van der Waals surface area contributed by atoms with Gasteiger partial charge in [-0.05, 0) is 19.8 Å². The van der Waals surface area contributed by atoms with Gasteiger partial charge in [0.25, 0.3) is 6.43 Å². The van der Waals surface area contributed by atoms with Crippen molar-refractivity contribution in [3.63, 3.8) is 0 Å². The fraction of sp³-hybridized carbons (Fsp3) is 1.00. The molecule has 0 saturated carbocycles. The number of halogens is 2. The molecule has 0 aromatic rings. The third kappa shape index (κ3) is 4.86. The van der Waals surface area contributed by atoms with E-state index in [1.54, 1.807) is 4.90 Å². The minimum absolute atomic E-state index is 0.102. The van der Waals surface area contributed by atoms with Gasteiger partial charge in [-0.1, -0.05) is 0 Å². The third-order valence-corrected chi connectivity index (χ3v) is 2.62. The van der Waals surface area contributed by atoms with Crippen LogP contribution in [0.25, 0.3) is 0 Å². The SMILES string of the molecule is CC1CCC(CN(CCN)CC(F)F)O1. The molecule has 90 valence electrons. The zero-order valence-corrected chi connectivity index (χ0v) is 9.16. The van der Waals surface area contributed by atoms with Crippen molar-refractivity contribution in [1.29, 1.82) is 0 Å². The van der Waals surface area contributed by atoms with Crippen LogP contribution in [0.2, 0.25) is 0 Å². The van der Waals surface area contributed by atoms with Crippen molar-refractivity contribution < 1.29 is 13.5 Å². The van der Waals surface area contributed by atoms with E-state index in [0.29, 0.717) is 19.6 Å². The molecule has 0 amide bonds. The van der Waals surface area contributed by atoms with E-state index in [1.165, 1.54) is 0 Å². The zero-order valence-electron chi connectivity index (χ0n) is 9.16. The number of hydrogen-bond donors (Lipinski definition) is 1. The van der Waals surface area contributed by atoms with E-state index in [0.717, 1.165) is 12.8 Å². The minimum Gasteiger partial charge on any atom is -0.374 e. The predicted octanol–water partition coefficient (Wildman–Crippen LogP) is 1.08. The first-order valence-electron chi connectivity index (χ1n) is 5.48. The van der Waals surface area contributed by atoms with Crippen LogP contribution in [-0.4, -0.2) is 49.7 Å². The molecule has 2 atom stereocenters. The maximum atomic E-state index is 12.2. The molecular weight excluding hydrogens is 202 g/mol. The lowest BCUT2D eigenvalue weighted by Gasteiger charge is -2.24. The molecule has 2 unspecified atom stereocenters. The molecule has 1 aliphatic heterocycles. The van der Waals surface area contributed by atoms with Crippen LogP contribution >= 0.6 is 0 Å². The first-order valence-corrected chi connectivity index (χ1v) is 5.48. The van der Waals surface area contributed by atoms with Crippen molar-refractivity contribution >= 4 is 0 Å². The maximum Gasteiger partial charge on any atom is 0.251 e. The Morgan fingerprint density at radius 2 is 2.20 bits per heavy atom. The molecule has 0 aromatic carbocycles. The van der Waals surface area contributed by atoms with E-state index < -0.39 is 6.43 Å². The van der Waals surface area contributed by atoms with E-state index >= 15 is 0 Å². The lowest BCUT2D eigenvalue weighted by molar-refractivity contribution is 0.0156. The Kier molecular flexibility index (Phi) is 5.42. The standard InChI is InChI=1S/C10H20F2N2O/c1-8-2-3-9(15-8)6-14(5-4-13)7-10(11)12/h8-10H,2-7,13H2,1H3. The van der Waals surface area contributed by atoms with E-state index in [2.05, 4.69) is 0 Å². The Labute approximate surface area is 89.6 Å². The summed E-state index contributed by atoms with van der Waals surface area (Å²) in [5.74, 6) is 0. The van der Waals surface area contributed by atoms with Crippen molar-refractivity contribution in [3.05, 3.63) is 0 Å². The maximum absolute atomic E-state index is 12.2. The molecule has 1 saturated heterocycles. The van der Waals surface area contributed by atoms with Crippen LogP contribution in [0, 0.1) is 0 Å². The Morgan fingerprint density at radius 1 is 1.47 bits per heavy atom. The van der Waals surface area contributed by atoms with Gasteiger partial charge in [0.1, 0.15) is 0 Å². The van der Waals surface area contributed by atoms with E-state index in [4.69, 9.17) is 10.5 Å². The smallest absolute Gasteiger partial charge is 0.251 e. The van der Waals surface area contributed by atoms with E-state index in [9.17, 15) is 8.78 Å². The molecule has 0 spiro atoms. The quantitative estimate of drug-likeness (QED) is 0.731. The monoisotopic (exact) mass is 222 g/mol. The fourth-order valence-electron chi connectivity index (χ4n) is 1.94. The summed E-state index contributed by atoms with van der Waals surface area (Å²) in [6.07, 6.45) is 0.0586. The Bertz CT molecular complexity index is 181. The van der Waals surface area contributed by atoms with Gasteiger partial charge in [-0.25, -0.2) is 8.78 Å². The Balaban J connectivity index is 2.30. The van der Waals surface area contributed by atoms with Gasteiger partial charge >= 0.3 is 0 Å². The highest BCUT2D eigenvalue weighted by Crippen LogP contribution is 2.19. The number of ether oxygens (including phenoxy) is 1. The second kappa shape index (κ2) is 6.35. The molecule has 0 bridgehead atoms. The number of nitrogens with two attached hydrogens (primary N) is 1.